The normalized spacial score (nSPS) is 10.8. The van der Waals surface area contributed by atoms with Crippen molar-refractivity contribution < 1.29 is 18.3 Å². The molecule has 7 heteroatoms. The van der Waals surface area contributed by atoms with Crippen LogP contribution < -0.4 is 5.32 Å². The number of hydrogen-bond donors (Lipinski definition) is 1. The number of alkyl halides is 2. The Morgan fingerprint density at radius 2 is 1.91 bits per heavy atom. The van der Waals surface area contributed by atoms with Crippen LogP contribution in [0.25, 0.3) is 0 Å². The number of anilines is 1. The maximum absolute atomic E-state index is 12.6. The van der Waals surface area contributed by atoms with Gasteiger partial charge < -0.3 is 10.1 Å². The van der Waals surface area contributed by atoms with Crippen molar-refractivity contribution >= 4 is 35.0 Å². The van der Waals surface area contributed by atoms with Gasteiger partial charge in [0, 0.05) is 0 Å². The number of nitrogens with one attached hydrogen (secondary N) is 1. The summed E-state index contributed by atoms with van der Waals surface area (Å²) >= 11 is 6.20. The average molecular weight is 358 g/mol. The zero-order valence-corrected chi connectivity index (χ0v) is 13.5. The number of amides is 1. The zero-order valence-electron chi connectivity index (χ0n) is 12.0. The lowest BCUT2D eigenvalue weighted by atomic mass is 10.2. The fourth-order valence-electron chi connectivity index (χ4n) is 1.84. The van der Waals surface area contributed by atoms with Gasteiger partial charge in [-0.2, -0.15) is 8.78 Å². The van der Waals surface area contributed by atoms with Gasteiger partial charge in [-0.3, -0.25) is 4.79 Å². The lowest BCUT2D eigenvalue weighted by Gasteiger charge is -2.12. The van der Waals surface area contributed by atoms with Crippen molar-refractivity contribution in [3.8, 4) is 0 Å². The molecular formula is C16H14ClF2NO2S. The monoisotopic (exact) mass is 357 g/mol. The molecular weight excluding hydrogens is 344 g/mol. The van der Waals surface area contributed by atoms with E-state index in [1.807, 2.05) is 30.3 Å². The molecule has 0 aliphatic heterocycles. The fourth-order valence-corrected chi connectivity index (χ4v) is 2.75. The van der Waals surface area contributed by atoms with E-state index in [1.165, 1.54) is 12.1 Å². The van der Waals surface area contributed by atoms with E-state index >= 15 is 0 Å². The molecule has 0 saturated carbocycles. The molecule has 122 valence electrons. The van der Waals surface area contributed by atoms with Gasteiger partial charge in [0.1, 0.15) is 6.61 Å². The number of ether oxygens (including phenoxy) is 1. The standard InChI is InChI=1S/C16H14ClF2NO2S/c17-12-7-4-8-13(15(12)23-16(18)19)20-14(21)10-22-9-11-5-2-1-3-6-11/h1-8,16H,9-10H2,(H,20,21). The third-order valence-corrected chi connectivity index (χ3v) is 4.07. The molecule has 0 aliphatic rings. The Labute approximate surface area is 142 Å². The van der Waals surface area contributed by atoms with E-state index in [0.717, 1.165) is 5.56 Å². The van der Waals surface area contributed by atoms with Crippen molar-refractivity contribution in [3.05, 3.63) is 59.1 Å². The van der Waals surface area contributed by atoms with Crippen LogP contribution in [0.3, 0.4) is 0 Å². The largest absolute Gasteiger partial charge is 0.367 e. The molecule has 23 heavy (non-hydrogen) atoms. The second-order valence-electron chi connectivity index (χ2n) is 4.52. The molecule has 3 nitrogen and oxygen atoms in total. The summed E-state index contributed by atoms with van der Waals surface area (Å²) in [6, 6.07) is 14.0. The van der Waals surface area contributed by atoms with Crippen LogP contribution in [0, 0.1) is 0 Å². The van der Waals surface area contributed by atoms with Gasteiger partial charge in [0.15, 0.2) is 0 Å². The molecule has 2 aromatic rings. The summed E-state index contributed by atoms with van der Waals surface area (Å²) in [7, 11) is 0. The van der Waals surface area contributed by atoms with Crippen LogP contribution in [0.1, 0.15) is 5.56 Å². The van der Waals surface area contributed by atoms with Crippen molar-refractivity contribution in [1.82, 2.24) is 0 Å². The SMILES string of the molecule is O=C(COCc1ccccc1)Nc1cccc(Cl)c1SC(F)F. The van der Waals surface area contributed by atoms with E-state index in [1.54, 1.807) is 6.07 Å². The predicted molar refractivity (Wildman–Crippen MR) is 88.0 cm³/mol. The van der Waals surface area contributed by atoms with Crippen LogP contribution in [0.2, 0.25) is 5.02 Å². The molecule has 2 aromatic carbocycles. The van der Waals surface area contributed by atoms with E-state index in [-0.39, 0.29) is 22.2 Å². The molecule has 0 saturated heterocycles. The van der Waals surface area contributed by atoms with Gasteiger partial charge in [0.2, 0.25) is 5.91 Å². The number of hydrogen-bond acceptors (Lipinski definition) is 3. The first-order valence-electron chi connectivity index (χ1n) is 6.71. The minimum Gasteiger partial charge on any atom is -0.367 e. The number of thioether (sulfide) groups is 1. The molecule has 0 heterocycles. The first-order valence-corrected chi connectivity index (χ1v) is 7.97. The lowest BCUT2D eigenvalue weighted by molar-refractivity contribution is -0.121. The molecule has 0 bridgehead atoms. The van der Waals surface area contributed by atoms with Crippen molar-refractivity contribution in [1.29, 1.82) is 0 Å². The fraction of sp³-hybridized carbons (Fsp3) is 0.188. The number of benzene rings is 2. The summed E-state index contributed by atoms with van der Waals surface area (Å²) in [4.78, 5) is 12.0. The Bertz CT molecular complexity index is 656. The van der Waals surface area contributed by atoms with E-state index < -0.39 is 11.7 Å². The highest BCUT2D eigenvalue weighted by atomic mass is 35.5. The van der Waals surface area contributed by atoms with Crippen molar-refractivity contribution in [2.45, 2.75) is 17.3 Å². The van der Waals surface area contributed by atoms with Crippen LogP contribution >= 0.6 is 23.4 Å². The molecule has 0 aromatic heterocycles. The van der Waals surface area contributed by atoms with Crippen molar-refractivity contribution in [2.75, 3.05) is 11.9 Å². The molecule has 0 aliphatic carbocycles. The molecule has 0 fully saturated rings. The van der Waals surface area contributed by atoms with Gasteiger partial charge in [-0.15, -0.1) is 0 Å². The number of halogens is 3. The van der Waals surface area contributed by atoms with E-state index in [0.29, 0.717) is 18.4 Å². The van der Waals surface area contributed by atoms with Gasteiger partial charge in [-0.25, -0.2) is 0 Å². The average Bonchev–Trinajstić information content (AvgIpc) is 2.51. The van der Waals surface area contributed by atoms with E-state index in [4.69, 9.17) is 16.3 Å². The van der Waals surface area contributed by atoms with Crippen molar-refractivity contribution in [2.24, 2.45) is 0 Å². The Hall–Kier alpha value is -1.63. The lowest BCUT2D eigenvalue weighted by Crippen LogP contribution is -2.18. The third kappa shape index (κ3) is 5.82. The smallest absolute Gasteiger partial charge is 0.289 e. The summed E-state index contributed by atoms with van der Waals surface area (Å²) in [5, 5.41) is 2.71. The summed E-state index contributed by atoms with van der Waals surface area (Å²) in [5.74, 6) is -3.06. The van der Waals surface area contributed by atoms with Gasteiger partial charge in [-0.1, -0.05) is 59.8 Å². The maximum atomic E-state index is 12.6. The first kappa shape index (κ1) is 17.7. The second kappa shape index (κ2) is 8.86. The first-order chi connectivity index (χ1) is 11.1. The number of carbonyl (C=O) groups excluding carboxylic acids is 1. The Kier molecular flexibility index (Phi) is 6.83. The Morgan fingerprint density at radius 1 is 1.17 bits per heavy atom. The number of rotatable bonds is 7. The summed E-state index contributed by atoms with van der Waals surface area (Å²) < 4.78 is 30.5. The van der Waals surface area contributed by atoms with Crippen LogP contribution in [0.4, 0.5) is 14.5 Å². The maximum Gasteiger partial charge on any atom is 0.289 e. The highest BCUT2D eigenvalue weighted by Gasteiger charge is 2.15. The second-order valence-corrected chi connectivity index (χ2v) is 5.93. The zero-order chi connectivity index (χ0) is 16.7. The van der Waals surface area contributed by atoms with Crippen LogP contribution in [0.15, 0.2) is 53.4 Å². The van der Waals surface area contributed by atoms with Crippen LogP contribution in [0.5, 0.6) is 0 Å². The van der Waals surface area contributed by atoms with Gasteiger partial charge in [-0.05, 0) is 17.7 Å². The quantitative estimate of drug-likeness (QED) is 0.723. The summed E-state index contributed by atoms with van der Waals surface area (Å²) in [6.45, 7) is 0.114. The molecule has 0 radical (unpaired) electrons. The Morgan fingerprint density at radius 3 is 2.61 bits per heavy atom. The molecule has 0 unspecified atom stereocenters. The minimum atomic E-state index is -2.63. The molecule has 1 amide bonds. The van der Waals surface area contributed by atoms with Gasteiger partial charge >= 0.3 is 0 Å². The summed E-state index contributed by atoms with van der Waals surface area (Å²) in [6.07, 6.45) is 0. The van der Waals surface area contributed by atoms with Crippen molar-refractivity contribution in [3.63, 3.8) is 0 Å². The van der Waals surface area contributed by atoms with Gasteiger partial charge in [0.25, 0.3) is 5.76 Å². The van der Waals surface area contributed by atoms with E-state index in [9.17, 15) is 13.6 Å². The highest BCUT2D eigenvalue weighted by Crippen LogP contribution is 2.37. The molecule has 1 N–H and O–H groups in total. The topological polar surface area (TPSA) is 38.3 Å². The number of carbonyl (C=O) groups is 1. The molecule has 2 rings (SSSR count). The van der Waals surface area contributed by atoms with Crippen LogP contribution in [-0.4, -0.2) is 18.3 Å². The van der Waals surface area contributed by atoms with E-state index in [2.05, 4.69) is 5.32 Å². The molecule has 0 spiro atoms. The predicted octanol–water partition coefficient (Wildman–Crippen LogP) is 4.81. The Balaban J connectivity index is 1.91. The third-order valence-electron chi connectivity index (χ3n) is 2.79. The highest BCUT2D eigenvalue weighted by molar-refractivity contribution is 7.99. The minimum absolute atomic E-state index is 0.139. The molecule has 0 atom stereocenters. The summed E-state index contributed by atoms with van der Waals surface area (Å²) in [5.41, 5.74) is 1.19. The van der Waals surface area contributed by atoms with Gasteiger partial charge in [0.05, 0.1) is 22.2 Å². The van der Waals surface area contributed by atoms with Crippen LogP contribution in [-0.2, 0) is 16.1 Å².